The van der Waals surface area contributed by atoms with Crippen molar-refractivity contribution in [2.45, 2.75) is 6.92 Å². The van der Waals surface area contributed by atoms with Crippen molar-refractivity contribution in [1.82, 2.24) is 24.4 Å². The van der Waals surface area contributed by atoms with Crippen molar-refractivity contribution < 1.29 is 9.53 Å². The fourth-order valence-corrected chi connectivity index (χ4v) is 2.68. The molecule has 0 unspecified atom stereocenters. The summed E-state index contributed by atoms with van der Waals surface area (Å²) in [5, 5.41) is 11.5. The molecular formula is C18H16N6O2. The van der Waals surface area contributed by atoms with Crippen LogP contribution in [-0.4, -0.2) is 37.4 Å². The second kappa shape index (κ2) is 6.32. The number of benzene rings is 1. The molecule has 0 bridgehead atoms. The minimum absolute atomic E-state index is 0.298. The van der Waals surface area contributed by atoms with Crippen LogP contribution in [0.4, 0.5) is 5.82 Å². The number of anilines is 1. The molecule has 26 heavy (non-hydrogen) atoms. The van der Waals surface area contributed by atoms with Crippen molar-refractivity contribution >= 4 is 17.4 Å². The molecule has 0 radical (unpaired) electrons. The van der Waals surface area contributed by atoms with Crippen molar-refractivity contribution in [1.29, 1.82) is 0 Å². The number of carbonyl (C=O) groups is 1. The second-order valence-corrected chi connectivity index (χ2v) is 5.68. The first-order chi connectivity index (χ1) is 12.7. The Bertz CT molecular complexity index is 1080. The zero-order valence-electron chi connectivity index (χ0n) is 14.2. The molecule has 4 rings (SSSR count). The summed E-state index contributed by atoms with van der Waals surface area (Å²) in [6.45, 7) is 1.87. The van der Waals surface area contributed by atoms with Crippen LogP contribution in [0.2, 0.25) is 0 Å². The lowest BCUT2D eigenvalue weighted by Gasteiger charge is -2.09. The summed E-state index contributed by atoms with van der Waals surface area (Å²) in [4.78, 5) is 16.9. The lowest BCUT2D eigenvalue weighted by molar-refractivity contribution is 0.102. The lowest BCUT2D eigenvalue weighted by Crippen LogP contribution is -2.15. The van der Waals surface area contributed by atoms with Gasteiger partial charge in [-0.25, -0.2) is 14.2 Å². The number of methoxy groups -OCH3 is 1. The van der Waals surface area contributed by atoms with Gasteiger partial charge in [-0.1, -0.05) is 0 Å². The molecule has 0 saturated heterocycles. The summed E-state index contributed by atoms with van der Waals surface area (Å²) in [7, 11) is 1.61. The molecule has 130 valence electrons. The third kappa shape index (κ3) is 2.77. The fourth-order valence-electron chi connectivity index (χ4n) is 2.68. The molecule has 8 nitrogen and oxygen atoms in total. The van der Waals surface area contributed by atoms with Gasteiger partial charge in [-0.05, 0) is 37.3 Å². The second-order valence-electron chi connectivity index (χ2n) is 5.68. The number of amides is 1. The van der Waals surface area contributed by atoms with E-state index in [1.165, 1.54) is 6.20 Å². The quantitative estimate of drug-likeness (QED) is 0.612. The molecule has 0 aliphatic heterocycles. The molecule has 1 N–H and O–H groups in total. The van der Waals surface area contributed by atoms with Gasteiger partial charge in [-0.15, -0.1) is 0 Å². The normalized spacial score (nSPS) is 10.8. The Morgan fingerprint density at radius 2 is 2.04 bits per heavy atom. The van der Waals surface area contributed by atoms with Crippen LogP contribution >= 0.6 is 0 Å². The summed E-state index contributed by atoms with van der Waals surface area (Å²) in [5.41, 5.74) is 2.49. The molecule has 0 spiro atoms. The third-order valence-corrected chi connectivity index (χ3v) is 3.91. The minimum Gasteiger partial charge on any atom is -0.497 e. The first-order valence-corrected chi connectivity index (χ1v) is 7.96. The number of rotatable bonds is 4. The molecule has 0 aliphatic rings. The van der Waals surface area contributed by atoms with E-state index in [0.717, 1.165) is 17.1 Å². The standard InChI is InChI=1S/C18H16N6O2/c1-12-10-16(24(22-12)13-4-6-14(26-2)7-5-13)21-18(25)15-11-20-23-9-3-8-19-17(15)23/h3-11H,1-2H3,(H,21,25). The predicted molar refractivity (Wildman–Crippen MR) is 95.8 cm³/mol. The van der Waals surface area contributed by atoms with Crippen molar-refractivity contribution in [3.63, 3.8) is 0 Å². The van der Waals surface area contributed by atoms with Crippen molar-refractivity contribution in [3.8, 4) is 11.4 Å². The predicted octanol–water partition coefficient (Wildman–Crippen LogP) is 2.48. The Balaban J connectivity index is 1.67. The number of nitrogens with zero attached hydrogens (tertiary/aromatic N) is 5. The number of nitrogens with one attached hydrogen (secondary N) is 1. The van der Waals surface area contributed by atoms with Gasteiger partial charge in [0.1, 0.15) is 17.1 Å². The molecular weight excluding hydrogens is 332 g/mol. The summed E-state index contributed by atoms with van der Waals surface area (Å²) < 4.78 is 8.41. The van der Waals surface area contributed by atoms with E-state index < -0.39 is 0 Å². The zero-order chi connectivity index (χ0) is 18.1. The van der Waals surface area contributed by atoms with Gasteiger partial charge in [0, 0.05) is 18.5 Å². The summed E-state index contributed by atoms with van der Waals surface area (Å²) in [6.07, 6.45) is 4.86. The molecule has 0 fully saturated rings. The Hall–Kier alpha value is -3.68. The number of carbonyl (C=O) groups excluding carboxylic acids is 1. The first-order valence-electron chi connectivity index (χ1n) is 7.96. The summed E-state index contributed by atoms with van der Waals surface area (Å²) in [6, 6.07) is 11.0. The van der Waals surface area contributed by atoms with E-state index in [2.05, 4.69) is 20.5 Å². The molecule has 3 aromatic heterocycles. The van der Waals surface area contributed by atoms with Gasteiger partial charge in [-0.3, -0.25) is 4.79 Å². The highest BCUT2D eigenvalue weighted by Gasteiger charge is 2.17. The van der Waals surface area contributed by atoms with E-state index in [0.29, 0.717) is 17.0 Å². The van der Waals surface area contributed by atoms with E-state index >= 15 is 0 Å². The number of hydrogen-bond donors (Lipinski definition) is 1. The fraction of sp³-hybridized carbons (Fsp3) is 0.111. The van der Waals surface area contributed by atoms with Crippen LogP contribution in [-0.2, 0) is 0 Å². The van der Waals surface area contributed by atoms with Crippen LogP contribution in [0.1, 0.15) is 16.1 Å². The Morgan fingerprint density at radius 1 is 1.23 bits per heavy atom. The van der Waals surface area contributed by atoms with Crippen LogP contribution < -0.4 is 10.1 Å². The average molecular weight is 348 g/mol. The minimum atomic E-state index is -0.298. The highest BCUT2D eigenvalue weighted by atomic mass is 16.5. The van der Waals surface area contributed by atoms with E-state index in [1.807, 2.05) is 31.2 Å². The summed E-state index contributed by atoms with van der Waals surface area (Å²) in [5.74, 6) is 1.02. The highest BCUT2D eigenvalue weighted by molar-refractivity contribution is 6.07. The van der Waals surface area contributed by atoms with Crippen LogP contribution in [0, 0.1) is 6.92 Å². The smallest absolute Gasteiger partial charge is 0.262 e. The van der Waals surface area contributed by atoms with Gasteiger partial charge in [0.15, 0.2) is 5.65 Å². The van der Waals surface area contributed by atoms with Crippen LogP contribution in [0.25, 0.3) is 11.3 Å². The van der Waals surface area contributed by atoms with E-state index in [1.54, 1.807) is 40.8 Å². The van der Waals surface area contributed by atoms with Crippen molar-refractivity contribution in [2.75, 3.05) is 12.4 Å². The third-order valence-electron chi connectivity index (χ3n) is 3.91. The van der Waals surface area contributed by atoms with Gasteiger partial charge in [-0.2, -0.15) is 10.2 Å². The van der Waals surface area contributed by atoms with Crippen LogP contribution in [0.5, 0.6) is 5.75 Å². The number of aryl methyl sites for hydroxylation is 1. The highest BCUT2D eigenvalue weighted by Crippen LogP contribution is 2.21. The maximum Gasteiger partial charge on any atom is 0.262 e. The Morgan fingerprint density at radius 3 is 2.81 bits per heavy atom. The molecule has 8 heteroatoms. The zero-order valence-corrected chi connectivity index (χ0v) is 14.2. The van der Waals surface area contributed by atoms with Gasteiger partial charge >= 0.3 is 0 Å². The Labute approximate surface area is 149 Å². The SMILES string of the molecule is COc1ccc(-n2nc(C)cc2NC(=O)c2cnn3cccnc23)cc1. The number of fused-ring (bicyclic) bond motifs is 1. The van der Waals surface area contributed by atoms with Crippen LogP contribution in [0.3, 0.4) is 0 Å². The summed E-state index contributed by atoms with van der Waals surface area (Å²) >= 11 is 0. The van der Waals surface area contributed by atoms with E-state index in [-0.39, 0.29) is 5.91 Å². The Kier molecular flexibility index (Phi) is 3.85. The number of hydrogen-bond acceptors (Lipinski definition) is 5. The van der Waals surface area contributed by atoms with Crippen molar-refractivity contribution in [2.24, 2.45) is 0 Å². The number of ether oxygens (including phenoxy) is 1. The van der Waals surface area contributed by atoms with Gasteiger partial charge in [0.25, 0.3) is 5.91 Å². The molecule has 0 saturated carbocycles. The monoisotopic (exact) mass is 348 g/mol. The van der Waals surface area contributed by atoms with Gasteiger partial charge in [0.2, 0.25) is 0 Å². The molecule has 3 heterocycles. The maximum atomic E-state index is 12.7. The van der Waals surface area contributed by atoms with E-state index in [9.17, 15) is 4.79 Å². The molecule has 1 amide bonds. The van der Waals surface area contributed by atoms with Crippen molar-refractivity contribution in [3.05, 3.63) is 66.2 Å². The molecule has 0 atom stereocenters. The van der Waals surface area contributed by atoms with Gasteiger partial charge < -0.3 is 10.1 Å². The van der Waals surface area contributed by atoms with Gasteiger partial charge in [0.05, 0.1) is 24.7 Å². The first kappa shape index (κ1) is 15.8. The van der Waals surface area contributed by atoms with E-state index in [4.69, 9.17) is 4.74 Å². The van der Waals surface area contributed by atoms with Crippen LogP contribution in [0.15, 0.2) is 55.0 Å². The maximum absolute atomic E-state index is 12.7. The largest absolute Gasteiger partial charge is 0.497 e. The molecule has 0 aliphatic carbocycles. The number of aromatic nitrogens is 5. The molecule has 4 aromatic rings. The average Bonchev–Trinajstić information content (AvgIpc) is 3.25. The lowest BCUT2D eigenvalue weighted by atomic mass is 10.3. The topological polar surface area (TPSA) is 86.3 Å². The molecule has 1 aromatic carbocycles.